The molecule has 1 aliphatic rings. The SMILES string of the molecule is COc1cccc(C(CNC(=O)c2nc(-c3ccccc3)oc2C)N2CCCC2)c1. The molecular formula is C24H27N3O3. The quantitative estimate of drug-likeness (QED) is 0.637. The third kappa shape index (κ3) is 4.39. The normalized spacial score (nSPS) is 15.1. The third-order valence-electron chi connectivity index (χ3n) is 5.55. The molecule has 4 rings (SSSR count). The predicted molar refractivity (Wildman–Crippen MR) is 116 cm³/mol. The van der Waals surface area contributed by atoms with Gasteiger partial charge in [-0.25, -0.2) is 4.98 Å². The van der Waals surface area contributed by atoms with E-state index in [1.54, 1.807) is 14.0 Å². The lowest BCUT2D eigenvalue weighted by molar-refractivity contribution is 0.0932. The van der Waals surface area contributed by atoms with E-state index in [2.05, 4.69) is 21.3 Å². The zero-order valence-electron chi connectivity index (χ0n) is 17.4. The summed E-state index contributed by atoms with van der Waals surface area (Å²) in [4.78, 5) is 19.8. The fourth-order valence-electron chi connectivity index (χ4n) is 3.94. The third-order valence-corrected chi connectivity index (χ3v) is 5.55. The molecule has 1 amide bonds. The number of benzene rings is 2. The molecule has 6 nitrogen and oxygen atoms in total. The van der Waals surface area contributed by atoms with E-state index < -0.39 is 0 Å². The summed E-state index contributed by atoms with van der Waals surface area (Å²) in [5, 5.41) is 3.07. The molecule has 0 spiro atoms. The topological polar surface area (TPSA) is 67.6 Å². The first kappa shape index (κ1) is 20.2. The number of ether oxygens (including phenoxy) is 1. The lowest BCUT2D eigenvalue weighted by Crippen LogP contribution is -2.37. The van der Waals surface area contributed by atoms with Crippen molar-refractivity contribution in [2.45, 2.75) is 25.8 Å². The van der Waals surface area contributed by atoms with Gasteiger partial charge in [0.2, 0.25) is 5.89 Å². The zero-order valence-corrected chi connectivity index (χ0v) is 17.4. The van der Waals surface area contributed by atoms with Crippen molar-refractivity contribution in [3.05, 3.63) is 71.6 Å². The first-order chi connectivity index (χ1) is 14.7. The van der Waals surface area contributed by atoms with Gasteiger partial charge in [0.05, 0.1) is 13.2 Å². The maximum Gasteiger partial charge on any atom is 0.273 e. The number of oxazole rings is 1. The molecule has 1 fully saturated rings. The molecule has 1 unspecified atom stereocenters. The molecule has 2 heterocycles. The first-order valence-electron chi connectivity index (χ1n) is 10.3. The highest BCUT2D eigenvalue weighted by Crippen LogP contribution is 2.27. The van der Waals surface area contributed by atoms with Crippen LogP contribution in [0.4, 0.5) is 0 Å². The van der Waals surface area contributed by atoms with Crippen LogP contribution in [0, 0.1) is 6.92 Å². The van der Waals surface area contributed by atoms with Gasteiger partial charge in [0.15, 0.2) is 5.69 Å². The van der Waals surface area contributed by atoms with E-state index in [0.29, 0.717) is 23.9 Å². The summed E-state index contributed by atoms with van der Waals surface area (Å²) in [6.45, 7) is 4.32. The number of amides is 1. The van der Waals surface area contributed by atoms with Gasteiger partial charge in [0.25, 0.3) is 5.91 Å². The van der Waals surface area contributed by atoms with Crippen LogP contribution in [0.1, 0.15) is 40.7 Å². The number of carbonyl (C=O) groups is 1. The number of likely N-dealkylation sites (tertiary alicyclic amines) is 1. The molecule has 30 heavy (non-hydrogen) atoms. The minimum Gasteiger partial charge on any atom is -0.497 e. The van der Waals surface area contributed by atoms with Gasteiger partial charge < -0.3 is 14.5 Å². The summed E-state index contributed by atoms with van der Waals surface area (Å²) in [7, 11) is 1.67. The maximum absolute atomic E-state index is 12.9. The number of nitrogens with zero attached hydrogens (tertiary/aromatic N) is 2. The van der Waals surface area contributed by atoms with Crippen molar-refractivity contribution in [1.29, 1.82) is 0 Å². The fraction of sp³-hybridized carbons (Fsp3) is 0.333. The van der Waals surface area contributed by atoms with Crippen LogP contribution in [0.5, 0.6) is 5.75 Å². The Balaban J connectivity index is 1.51. The standard InChI is InChI=1S/C24H27N3O3/c1-17-22(26-24(30-17)18-9-4-3-5-10-18)23(28)25-16-21(27-13-6-7-14-27)19-11-8-12-20(15-19)29-2/h3-5,8-12,15,21H,6-7,13-14,16H2,1-2H3,(H,25,28). The van der Waals surface area contributed by atoms with Crippen molar-refractivity contribution in [1.82, 2.24) is 15.2 Å². The van der Waals surface area contributed by atoms with Crippen molar-refractivity contribution in [3.8, 4) is 17.2 Å². The largest absolute Gasteiger partial charge is 0.497 e. The van der Waals surface area contributed by atoms with Crippen molar-refractivity contribution in [2.75, 3.05) is 26.7 Å². The predicted octanol–water partition coefficient (Wildman–Crippen LogP) is 4.23. The average Bonchev–Trinajstić information content (AvgIpc) is 3.45. The molecule has 156 valence electrons. The lowest BCUT2D eigenvalue weighted by Gasteiger charge is -2.28. The Kier molecular flexibility index (Phi) is 6.14. The molecule has 0 aliphatic carbocycles. The van der Waals surface area contributed by atoms with Crippen LogP contribution in [-0.2, 0) is 0 Å². The van der Waals surface area contributed by atoms with Crippen molar-refractivity contribution in [2.24, 2.45) is 0 Å². The van der Waals surface area contributed by atoms with Gasteiger partial charge in [-0.3, -0.25) is 9.69 Å². The smallest absolute Gasteiger partial charge is 0.273 e. The molecule has 0 bridgehead atoms. The highest BCUT2D eigenvalue weighted by molar-refractivity contribution is 5.93. The number of carbonyl (C=O) groups excluding carboxylic acids is 1. The average molecular weight is 405 g/mol. The summed E-state index contributed by atoms with van der Waals surface area (Å²) in [5.74, 6) is 1.58. The number of rotatable bonds is 7. The minimum atomic E-state index is -0.217. The molecule has 1 atom stereocenters. The molecule has 0 radical (unpaired) electrons. The number of hydrogen-bond acceptors (Lipinski definition) is 5. The number of nitrogens with one attached hydrogen (secondary N) is 1. The summed E-state index contributed by atoms with van der Waals surface area (Å²) >= 11 is 0. The van der Waals surface area contributed by atoms with Crippen molar-refractivity contribution < 1.29 is 13.9 Å². The molecule has 2 aromatic carbocycles. The Labute approximate surface area is 176 Å². The lowest BCUT2D eigenvalue weighted by atomic mass is 10.0. The summed E-state index contributed by atoms with van der Waals surface area (Å²) < 4.78 is 11.1. The van der Waals surface area contributed by atoms with Crippen LogP contribution in [-0.4, -0.2) is 42.5 Å². The van der Waals surface area contributed by atoms with Crippen LogP contribution in [0.15, 0.2) is 59.0 Å². The van der Waals surface area contributed by atoms with E-state index in [1.165, 1.54) is 12.8 Å². The Hall–Kier alpha value is -3.12. The van der Waals surface area contributed by atoms with Crippen LogP contribution < -0.4 is 10.1 Å². The van der Waals surface area contributed by atoms with Gasteiger partial charge in [-0.15, -0.1) is 0 Å². The second-order valence-electron chi connectivity index (χ2n) is 7.54. The van der Waals surface area contributed by atoms with Crippen LogP contribution in [0.25, 0.3) is 11.5 Å². The van der Waals surface area contributed by atoms with Gasteiger partial charge in [-0.05, 0) is 62.7 Å². The number of aryl methyl sites for hydroxylation is 1. The van der Waals surface area contributed by atoms with Gasteiger partial charge in [-0.1, -0.05) is 30.3 Å². The maximum atomic E-state index is 12.9. The molecular weight excluding hydrogens is 378 g/mol. The molecule has 1 aromatic heterocycles. The summed E-state index contributed by atoms with van der Waals surface area (Å²) in [5.41, 5.74) is 2.32. The molecule has 1 saturated heterocycles. The number of aromatic nitrogens is 1. The van der Waals surface area contributed by atoms with Crippen LogP contribution in [0.3, 0.4) is 0 Å². The fourth-order valence-corrected chi connectivity index (χ4v) is 3.94. The summed E-state index contributed by atoms with van der Waals surface area (Å²) in [6.07, 6.45) is 2.36. The highest BCUT2D eigenvalue weighted by atomic mass is 16.5. The van der Waals surface area contributed by atoms with E-state index >= 15 is 0 Å². The zero-order chi connectivity index (χ0) is 20.9. The van der Waals surface area contributed by atoms with Crippen molar-refractivity contribution in [3.63, 3.8) is 0 Å². The second-order valence-corrected chi connectivity index (χ2v) is 7.54. The molecule has 6 heteroatoms. The second kappa shape index (κ2) is 9.13. The Bertz CT molecular complexity index is 994. The van der Waals surface area contributed by atoms with Crippen LogP contribution in [0.2, 0.25) is 0 Å². The monoisotopic (exact) mass is 405 g/mol. The molecule has 1 N–H and O–H groups in total. The Morgan fingerprint density at radius 3 is 2.67 bits per heavy atom. The van der Waals surface area contributed by atoms with E-state index in [9.17, 15) is 4.79 Å². The minimum absolute atomic E-state index is 0.0901. The van der Waals surface area contributed by atoms with E-state index in [-0.39, 0.29) is 11.9 Å². The first-order valence-corrected chi connectivity index (χ1v) is 10.3. The Morgan fingerprint density at radius 1 is 1.17 bits per heavy atom. The van der Waals surface area contributed by atoms with Gasteiger partial charge in [0.1, 0.15) is 11.5 Å². The number of hydrogen-bond donors (Lipinski definition) is 1. The van der Waals surface area contributed by atoms with E-state index in [4.69, 9.17) is 9.15 Å². The summed E-state index contributed by atoms with van der Waals surface area (Å²) in [6, 6.07) is 17.8. The molecule has 1 aliphatic heterocycles. The molecule has 3 aromatic rings. The van der Waals surface area contributed by atoms with Gasteiger partial charge >= 0.3 is 0 Å². The number of methoxy groups -OCH3 is 1. The van der Waals surface area contributed by atoms with Crippen molar-refractivity contribution >= 4 is 5.91 Å². The van der Waals surface area contributed by atoms with E-state index in [1.807, 2.05) is 48.5 Å². The van der Waals surface area contributed by atoms with Crippen LogP contribution >= 0.6 is 0 Å². The van der Waals surface area contributed by atoms with Gasteiger partial charge in [-0.2, -0.15) is 0 Å². The Morgan fingerprint density at radius 2 is 1.93 bits per heavy atom. The molecule has 0 saturated carbocycles. The van der Waals surface area contributed by atoms with Gasteiger partial charge in [0, 0.05) is 12.1 Å². The highest BCUT2D eigenvalue weighted by Gasteiger charge is 2.26. The van der Waals surface area contributed by atoms with E-state index in [0.717, 1.165) is 30.0 Å².